The van der Waals surface area contributed by atoms with Gasteiger partial charge in [-0.2, -0.15) is 5.10 Å². The second-order valence-corrected chi connectivity index (χ2v) is 5.75. The van der Waals surface area contributed by atoms with E-state index in [1.165, 1.54) is 25.7 Å². The molecule has 1 heterocycles. The lowest BCUT2D eigenvalue weighted by molar-refractivity contribution is -0.118. The zero-order chi connectivity index (χ0) is 13.1. The van der Waals surface area contributed by atoms with Crippen molar-refractivity contribution in [1.29, 1.82) is 0 Å². The van der Waals surface area contributed by atoms with E-state index in [-0.39, 0.29) is 5.78 Å². The monoisotopic (exact) mass is 268 g/mol. The molecular weight excluding hydrogens is 248 g/mol. The highest BCUT2D eigenvalue weighted by Crippen LogP contribution is 2.29. The van der Waals surface area contributed by atoms with Crippen LogP contribution in [0.25, 0.3) is 0 Å². The summed E-state index contributed by atoms with van der Waals surface area (Å²) in [6, 6.07) is 0. The summed E-state index contributed by atoms with van der Waals surface area (Å²) in [5, 5.41) is 4.88. The van der Waals surface area contributed by atoms with Crippen molar-refractivity contribution in [3.63, 3.8) is 0 Å². The van der Waals surface area contributed by atoms with Crippen LogP contribution in [0.2, 0.25) is 5.02 Å². The smallest absolute Gasteiger partial charge is 0.138 e. The Kier molecular flexibility index (Phi) is 4.44. The topological polar surface area (TPSA) is 34.9 Å². The molecule has 0 unspecified atom stereocenters. The SMILES string of the molecule is Cc1nn(C)c(CC(=O)CCC2CCCC2)c1Cl. The highest BCUT2D eigenvalue weighted by Gasteiger charge is 2.18. The van der Waals surface area contributed by atoms with Gasteiger partial charge in [0.25, 0.3) is 0 Å². The molecule has 3 nitrogen and oxygen atoms in total. The molecule has 1 aliphatic carbocycles. The van der Waals surface area contributed by atoms with E-state index in [0.29, 0.717) is 17.9 Å². The van der Waals surface area contributed by atoms with E-state index in [0.717, 1.165) is 23.7 Å². The Morgan fingerprint density at radius 1 is 1.44 bits per heavy atom. The summed E-state index contributed by atoms with van der Waals surface area (Å²) in [6.45, 7) is 1.87. The number of hydrogen-bond acceptors (Lipinski definition) is 2. The van der Waals surface area contributed by atoms with Gasteiger partial charge in [-0.25, -0.2) is 0 Å². The number of hydrogen-bond donors (Lipinski definition) is 0. The molecule has 1 aromatic rings. The number of carbonyl (C=O) groups excluding carboxylic acids is 1. The molecule has 0 atom stereocenters. The standard InChI is InChI=1S/C14H21ClN2O/c1-10-14(15)13(17(2)16-10)9-12(18)8-7-11-5-3-4-6-11/h11H,3-9H2,1-2H3. The van der Waals surface area contributed by atoms with Gasteiger partial charge in [0, 0.05) is 19.9 Å². The molecule has 0 bridgehead atoms. The maximum absolute atomic E-state index is 12.0. The minimum Gasteiger partial charge on any atom is -0.299 e. The number of ketones is 1. The molecule has 0 aromatic carbocycles. The van der Waals surface area contributed by atoms with Crippen molar-refractivity contribution >= 4 is 17.4 Å². The molecule has 2 rings (SSSR count). The van der Waals surface area contributed by atoms with E-state index >= 15 is 0 Å². The van der Waals surface area contributed by atoms with Gasteiger partial charge in [0.15, 0.2) is 0 Å². The van der Waals surface area contributed by atoms with Crippen LogP contribution in [0.3, 0.4) is 0 Å². The largest absolute Gasteiger partial charge is 0.299 e. The third kappa shape index (κ3) is 3.14. The molecule has 0 saturated heterocycles. The lowest BCUT2D eigenvalue weighted by atomic mass is 9.99. The Balaban J connectivity index is 1.86. The van der Waals surface area contributed by atoms with Crippen molar-refractivity contribution in [1.82, 2.24) is 9.78 Å². The average molecular weight is 269 g/mol. The Bertz CT molecular complexity index is 433. The van der Waals surface area contributed by atoms with Gasteiger partial charge < -0.3 is 0 Å². The van der Waals surface area contributed by atoms with Gasteiger partial charge in [-0.3, -0.25) is 9.48 Å². The molecule has 1 fully saturated rings. The van der Waals surface area contributed by atoms with Gasteiger partial charge in [-0.15, -0.1) is 0 Å². The van der Waals surface area contributed by atoms with Crippen LogP contribution in [0, 0.1) is 12.8 Å². The summed E-state index contributed by atoms with van der Waals surface area (Å²) in [5.41, 5.74) is 1.66. The Labute approximate surface area is 114 Å². The Morgan fingerprint density at radius 2 is 2.11 bits per heavy atom. The van der Waals surface area contributed by atoms with Crippen LogP contribution in [0.1, 0.15) is 49.9 Å². The second-order valence-electron chi connectivity index (χ2n) is 5.37. The molecule has 0 amide bonds. The van der Waals surface area contributed by atoms with Crippen LogP contribution in [0.15, 0.2) is 0 Å². The van der Waals surface area contributed by atoms with Crippen LogP contribution in [-0.4, -0.2) is 15.6 Å². The van der Waals surface area contributed by atoms with E-state index < -0.39 is 0 Å². The van der Waals surface area contributed by atoms with Crippen molar-refractivity contribution < 1.29 is 4.79 Å². The number of aryl methyl sites for hydroxylation is 2. The lowest BCUT2D eigenvalue weighted by Gasteiger charge is -2.08. The minimum atomic E-state index is 0.284. The van der Waals surface area contributed by atoms with Gasteiger partial charge in [0.2, 0.25) is 0 Å². The quantitative estimate of drug-likeness (QED) is 0.820. The molecule has 18 heavy (non-hydrogen) atoms. The summed E-state index contributed by atoms with van der Waals surface area (Å²) in [5.74, 6) is 1.06. The molecule has 1 aromatic heterocycles. The summed E-state index contributed by atoms with van der Waals surface area (Å²) < 4.78 is 1.73. The summed E-state index contributed by atoms with van der Waals surface area (Å²) >= 11 is 6.15. The first-order chi connectivity index (χ1) is 8.58. The van der Waals surface area contributed by atoms with Crippen molar-refractivity contribution in [3.05, 3.63) is 16.4 Å². The number of carbonyl (C=O) groups is 1. The van der Waals surface area contributed by atoms with E-state index in [2.05, 4.69) is 5.10 Å². The van der Waals surface area contributed by atoms with Crippen LogP contribution < -0.4 is 0 Å². The fourth-order valence-electron chi connectivity index (χ4n) is 2.81. The molecular formula is C14H21ClN2O. The van der Waals surface area contributed by atoms with E-state index in [1.807, 2.05) is 14.0 Å². The highest BCUT2D eigenvalue weighted by atomic mass is 35.5. The minimum absolute atomic E-state index is 0.284. The average Bonchev–Trinajstić information content (AvgIpc) is 2.92. The molecule has 0 aliphatic heterocycles. The summed E-state index contributed by atoms with van der Waals surface area (Å²) in [7, 11) is 1.85. The van der Waals surface area contributed by atoms with E-state index in [4.69, 9.17) is 11.6 Å². The third-order valence-electron chi connectivity index (χ3n) is 3.93. The van der Waals surface area contributed by atoms with Gasteiger partial charge in [0.1, 0.15) is 5.78 Å². The van der Waals surface area contributed by atoms with Crippen LogP contribution in [-0.2, 0) is 18.3 Å². The zero-order valence-electron chi connectivity index (χ0n) is 11.2. The fourth-order valence-corrected chi connectivity index (χ4v) is 3.04. The lowest BCUT2D eigenvalue weighted by Crippen LogP contribution is -2.09. The first-order valence-corrected chi connectivity index (χ1v) is 7.15. The number of Topliss-reactive ketones (excluding diaryl/α,β-unsaturated/α-hetero) is 1. The summed E-state index contributed by atoms with van der Waals surface area (Å²) in [4.78, 5) is 12.0. The predicted molar refractivity (Wildman–Crippen MR) is 72.9 cm³/mol. The van der Waals surface area contributed by atoms with Crippen molar-refractivity contribution in [3.8, 4) is 0 Å². The number of halogens is 1. The predicted octanol–water partition coefficient (Wildman–Crippen LogP) is 3.46. The molecule has 0 spiro atoms. The number of rotatable bonds is 5. The first kappa shape index (κ1) is 13.6. The maximum atomic E-state index is 12.0. The molecule has 0 radical (unpaired) electrons. The Morgan fingerprint density at radius 3 is 2.67 bits per heavy atom. The molecule has 100 valence electrons. The molecule has 4 heteroatoms. The van der Waals surface area contributed by atoms with E-state index in [1.54, 1.807) is 4.68 Å². The molecule has 0 N–H and O–H groups in total. The van der Waals surface area contributed by atoms with Gasteiger partial charge in [-0.05, 0) is 19.3 Å². The first-order valence-electron chi connectivity index (χ1n) is 6.77. The number of nitrogens with zero attached hydrogens (tertiary/aromatic N) is 2. The maximum Gasteiger partial charge on any atom is 0.138 e. The number of aromatic nitrogens is 2. The third-order valence-corrected chi connectivity index (χ3v) is 4.42. The van der Waals surface area contributed by atoms with Crippen molar-refractivity contribution in [2.24, 2.45) is 13.0 Å². The molecule has 1 aliphatic rings. The Hall–Kier alpha value is -0.830. The van der Waals surface area contributed by atoms with Crippen molar-refractivity contribution in [2.45, 2.75) is 51.9 Å². The van der Waals surface area contributed by atoms with Crippen LogP contribution in [0.5, 0.6) is 0 Å². The zero-order valence-corrected chi connectivity index (χ0v) is 12.0. The fraction of sp³-hybridized carbons (Fsp3) is 0.714. The highest BCUT2D eigenvalue weighted by molar-refractivity contribution is 6.32. The molecule has 1 saturated carbocycles. The van der Waals surface area contributed by atoms with Gasteiger partial charge in [0.05, 0.1) is 16.4 Å². The van der Waals surface area contributed by atoms with Crippen LogP contribution in [0.4, 0.5) is 0 Å². The van der Waals surface area contributed by atoms with Gasteiger partial charge in [-0.1, -0.05) is 37.3 Å². The van der Waals surface area contributed by atoms with Crippen molar-refractivity contribution in [2.75, 3.05) is 0 Å². The second kappa shape index (κ2) is 5.87. The van der Waals surface area contributed by atoms with E-state index in [9.17, 15) is 4.79 Å². The normalized spacial score (nSPS) is 16.4. The summed E-state index contributed by atoms with van der Waals surface area (Å²) in [6.07, 6.45) is 7.44. The van der Waals surface area contributed by atoms with Crippen LogP contribution >= 0.6 is 11.6 Å². The van der Waals surface area contributed by atoms with Gasteiger partial charge >= 0.3 is 0 Å².